The molecule has 4 aliphatic rings. The van der Waals surface area contributed by atoms with Gasteiger partial charge in [0.15, 0.2) is 5.82 Å². The van der Waals surface area contributed by atoms with Crippen molar-refractivity contribution >= 4 is 45.8 Å². The number of anilines is 2. The van der Waals surface area contributed by atoms with Crippen LogP contribution in [0.4, 0.5) is 30.1 Å². The lowest BCUT2D eigenvalue weighted by atomic mass is 9.52. The third-order valence-corrected chi connectivity index (χ3v) is 9.60. The average Bonchev–Trinajstić information content (AvgIpc) is 3.57. The number of hydrogen-bond acceptors (Lipinski definition) is 9. The van der Waals surface area contributed by atoms with Crippen molar-refractivity contribution in [1.29, 1.82) is 0 Å². The van der Waals surface area contributed by atoms with Gasteiger partial charge in [0, 0.05) is 29.1 Å². The second-order valence-corrected chi connectivity index (χ2v) is 14.7. The van der Waals surface area contributed by atoms with Crippen LogP contribution in [0.15, 0.2) is 28.9 Å². The molecule has 11 nitrogen and oxygen atoms in total. The van der Waals surface area contributed by atoms with E-state index >= 15 is 8.78 Å². The normalized spacial score (nSPS) is 23.0. The molecular formula is C34H35F2N5O6. The number of carbonyl (C=O) groups excluding carboxylic acids is 2. The highest BCUT2D eigenvalue weighted by molar-refractivity contribution is 6.04. The maximum absolute atomic E-state index is 16.9. The number of furan rings is 1. The highest BCUT2D eigenvalue weighted by Gasteiger charge is 2.77. The van der Waals surface area contributed by atoms with E-state index in [2.05, 4.69) is 20.2 Å². The zero-order valence-electron chi connectivity index (χ0n) is 27.0. The third-order valence-electron chi connectivity index (χ3n) is 9.60. The first kappa shape index (κ1) is 29.9. The molecule has 1 aliphatic carbocycles. The number of amides is 2. The zero-order chi connectivity index (χ0) is 33.2. The minimum absolute atomic E-state index is 0.0144. The predicted octanol–water partition coefficient (Wildman–Crippen LogP) is 7.04. The van der Waals surface area contributed by atoms with Crippen molar-refractivity contribution in [3.8, 4) is 11.1 Å². The van der Waals surface area contributed by atoms with Crippen LogP contribution in [0.25, 0.3) is 33.0 Å². The molecule has 3 aliphatic heterocycles. The van der Waals surface area contributed by atoms with Crippen LogP contribution in [0.1, 0.15) is 65.5 Å². The lowest BCUT2D eigenvalue weighted by Crippen LogP contribution is -2.97. The Morgan fingerprint density at radius 3 is 2.43 bits per heavy atom. The van der Waals surface area contributed by atoms with Crippen molar-refractivity contribution < 1.29 is 37.0 Å². The van der Waals surface area contributed by atoms with E-state index in [1.165, 1.54) is 24.5 Å². The second-order valence-electron chi connectivity index (χ2n) is 14.7. The molecule has 1 N–H and O–H groups in total. The molecule has 47 heavy (non-hydrogen) atoms. The van der Waals surface area contributed by atoms with Crippen LogP contribution in [-0.2, 0) is 27.4 Å². The number of benzene rings is 2. The molecule has 1 saturated carbocycles. The Morgan fingerprint density at radius 1 is 1.00 bits per heavy atom. The molecule has 2 amide bonds. The summed E-state index contributed by atoms with van der Waals surface area (Å²) in [5, 5.41) is 3.34. The van der Waals surface area contributed by atoms with Crippen LogP contribution >= 0.6 is 0 Å². The standard InChI is InChI=1S/C34H35F2N5O6/c1-32(2,3)46-30(42)39-23-11-16-20(45-23)8-7-19(35)24(16)25-17-13-44-14-18(17)26-28(27(25)36)37-15-38-29(26)41-21-9-10-34(21)22(41)12-40(34)31(43)47-33(4,5)6/h7-8,11,15,21-22H,9-10,12-14H2,1-6H3,(H,39,42). The lowest BCUT2D eigenvalue weighted by molar-refractivity contribution is -0.166. The Labute approximate surface area is 269 Å². The predicted molar refractivity (Wildman–Crippen MR) is 168 cm³/mol. The number of aromatic nitrogens is 2. The average molecular weight is 648 g/mol. The summed E-state index contributed by atoms with van der Waals surface area (Å²) >= 11 is 0. The molecule has 3 fully saturated rings. The second kappa shape index (κ2) is 9.75. The van der Waals surface area contributed by atoms with E-state index in [0.717, 1.165) is 12.8 Å². The Balaban J connectivity index is 1.20. The summed E-state index contributed by atoms with van der Waals surface area (Å²) in [5.74, 6) is -0.751. The molecule has 1 spiro atoms. The number of fused-ring (bicyclic) bond motifs is 4. The van der Waals surface area contributed by atoms with Crippen molar-refractivity contribution in [3.63, 3.8) is 0 Å². The summed E-state index contributed by atoms with van der Waals surface area (Å²) in [5.41, 5.74) is -0.133. The summed E-state index contributed by atoms with van der Waals surface area (Å²) in [6.07, 6.45) is 1.98. The maximum Gasteiger partial charge on any atom is 0.414 e. The van der Waals surface area contributed by atoms with Crippen molar-refractivity contribution in [3.05, 3.63) is 47.3 Å². The van der Waals surface area contributed by atoms with Gasteiger partial charge in [0.25, 0.3) is 0 Å². The number of piperazine rings is 1. The van der Waals surface area contributed by atoms with Gasteiger partial charge >= 0.3 is 12.2 Å². The van der Waals surface area contributed by atoms with Crippen LogP contribution < -0.4 is 10.2 Å². The zero-order valence-corrected chi connectivity index (χ0v) is 27.0. The Bertz CT molecular complexity index is 2010. The molecule has 5 heterocycles. The van der Waals surface area contributed by atoms with E-state index in [0.29, 0.717) is 28.9 Å². The fourth-order valence-electron chi connectivity index (χ4n) is 7.75. The molecule has 246 valence electrons. The number of ether oxygens (including phenoxy) is 3. The molecule has 2 saturated heterocycles. The highest BCUT2D eigenvalue weighted by atomic mass is 19.1. The molecule has 3 atom stereocenters. The number of nitrogens with zero attached hydrogens (tertiary/aromatic N) is 4. The van der Waals surface area contributed by atoms with Gasteiger partial charge < -0.3 is 23.5 Å². The van der Waals surface area contributed by atoms with Gasteiger partial charge in [-0.2, -0.15) is 0 Å². The summed E-state index contributed by atoms with van der Waals surface area (Å²) in [4.78, 5) is 38.4. The van der Waals surface area contributed by atoms with Crippen LogP contribution in [0, 0.1) is 11.6 Å². The fourth-order valence-corrected chi connectivity index (χ4v) is 7.75. The van der Waals surface area contributed by atoms with Gasteiger partial charge in [0.2, 0.25) is 5.88 Å². The van der Waals surface area contributed by atoms with Gasteiger partial charge in [0.05, 0.1) is 36.2 Å². The van der Waals surface area contributed by atoms with E-state index in [1.807, 2.05) is 25.7 Å². The van der Waals surface area contributed by atoms with Crippen LogP contribution in [0.2, 0.25) is 0 Å². The Hall–Kier alpha value is -4.52. The lowest BCUT2D eigenvalue weighted by Gasteiger charge is -2.80. The quantitative estimate of drug-likeness (QED) is 0.250. The first-order valence-electron chi connectivity index (χ1n) is 15.7. The topological polar surface area (TPSA) is 119 Å². The molecule has 8 rings (SSSR count). The number of carbonyl (C=O) groups is 2. The summed E-state index contributed by atoms with van der Waals surface area (Å²) in [7, 11) is 0. The third kappa shape index (κ3) is 4.31. The van der Waals surface area contributed by atoms with E-state index < -0.39 is 28.9 Å². The largest absolute Gasteiger partial charge is 0.444 e. The maximum atomic E-state index is 16.9. The minimum atomic E-state index is -0.741. The van der Waals surface area contributed by atoms with Gasteiger partial charge in [-0.15, -0.1) is 0 Å². The number of hydrogen-bond donors (Lipinski definition) is 1. The number of piperidine rings is 1. The van der Waals surface area contributed by atoms with Crippen LogP contribution in [-0.4, -0.2) is 62.4 Å². The molecule has 2 aromatic heterocycles. The molecule has 13 heteroatoms. The van der Waals surface area contributed by atoms with Crippen LogP contribution in [0.5, 0.6) is 0 Å². The summed E-state index contributed by atoms with van der Waals surface area (Å²) < 4.78 is 55.3. The van der Waals surface area contributed by atoms with Crippen LogP contribution in [0.3, 0.4) is 0 Å². The number of halogens is 2. The number of nitrogens with one attached hydrogen (secondary N) is 1. The number of rotatable bonds is 3. The summed E-state index contributed by atoms with van der Waals surface area (Å²) in [6, 6.07) is 4.12. The van der Waals surface area contributed by atoms with E-state index in [4.69, 9.17) is 18.6 Å². The molecule has 4 aromatic rings. The fraction of sp³-hybridized carbons (Fsp3) is 0.471. The smallest absolute Gasteiger partial charge is 0.414 e. The molecular weight excluding hydrogens is 612 g/mol. The van der Waals surface area contributed by atoms with Gasteiger partial charge in [-0.05, 0) is 77.6 Å². The summed E-state index contributed by atoms with van der Waals surface area (Å²) in [6.45, 7) is 11.5. The van der Waals surface area contributed by atoms with Gasteiger partial charge in [-0.3, -0.25) is 10.2 Å². The SMILES string of the molecule is CC(C)(C)OC(=O)Nc1cc2c(-c3c4c(c5c(N6C7CCC78C6CN8C(=O)OC(C)(C)C)ncnc5c3F)COC4)c(F)ccc2o1. The first-order valence-corrected chi connectivity index (χ1v) is 15.7. The first-order chi connectivity index (χ1) is 22.2. The van der Waals surface area contributed by atoms with Crippen molar-refractivity contribution in [2.75, 3.05) is 16.8 Å². The highest BCUT2D eigenvalue weighted by Crippen LogP contribution is 2.62. The van der Waals surface area contributed by atoms with Crippen molar-refractivity contribution in [2.45, 2.75) is 96.4 Å². The van der Waals surface area contributed by atoms with Gasteiger partial charge in [-0.1, -0.05) is 0 Å². The van der Waals surface area contributed by atoms with E-state index in [1.54, 1.807) is 20.8 Å². The molecule has 2 aromatic carbocycles. The number of likely N-dealkylation sites (tertiary alicyclic amines) is 1. The molecule has 0 bridgehead atoms. The molecule has 0 radical (unpaired) electrons. The van der Waals surface area contributed by atoms with Gasteiger partial charge in [-0.25, -0.2) is 28.3 Å². The monoisotopic (exact) mass is 647 g/mol. The van der Waals surface area contributed by atoms with Gasteiger partial charge in [0.1, 0.15) is 40.3 Å². The Morgan fingerprint density at radius 2 is 1.74 bits per heavy atom. The van der Waals surface area contributed by atoms with E-state index in [-0.39, 0.29) is 70.4 Å². The minimum Gasteiger partial charge on any atom is -0.444 e. The molecule has 3 unspecified atom stereocenters. The van der Waals surface area contributed by atoms with E-state index in [9.17, 15) is 9.59 Å². The Kier molecular flexibility index (Phi) is 6.20. The van der Waals surface area contributed by atoms with Crippen molar-refractivity contribution in [2.24, 2.45) is 0 Å². The van der Waals surface area contributed by atoms with Crippen molar-refractivity contribution in [1.82, 2.24) is 14.9 Å².